The molecule has 1 heterocycles. The summed E-state index contributed by atoms with van der Waals surface area (Å²) < 4.78 is 10.8. The van der Waals surface area contributed by atoms with Crippen LogP contribution in [-0.2, 0) is 14.3 Å². The molecule has 76 valence electrons. The maximum atomic E-state index is 11.0. The fourth-order valence-electron chi connectivity index (χ4n) is 1.54. The van der Waals surface area contributed by atoms with Crippen LogP contribution >= 0.6 is 22.6 Å². The first kappa shape index (κ1) is 11.2. The molecule has 0 aliphatic carbocycles. The van der Waals surface area contributed by atoms with Crippen LogP contribution in [0.5, 0.6) is 0 Å². The molecule has 0 unspecified atom stereocenters. The Morgan fingerprint density at radius 2 is 2.38 bits per heavy atom. The van der Waals surface area contributed by atoms with Crippen molar-refractivity contribution in [1.29, 1.82) is 0 Å². The van der Waals surface area contributed by atoms with E-state index in [4.69, 9.17) is 4.74 Å². The number of esters is 1. The van der Waals surface area contributed by atoms with Crippen LogP contribution in [-0.4, -0.2) is 29.2 Å². The van der Waals surface area contributed by atoms with Crippen molar-refractivity contribution >= 4 is 28.6 Å². The largest absolute Gasteiger partial charge is 0.469 e. The van der Waals surface area contributed by atoms with Gasteiger partial charge in [0.25, 0.3) is 0 Å². The van der Waals surface area contributed by atoms with Gasteiger partial charge < -0.3 is 9.47 Å². The Bertz CT molecular complexity index is 184. The predicted molar refractivity (Wildman–Crippen MR) is 58.0 cm³/mol. The Labute approximate surface area is 92.3 Å². The highest BCUT2D eigenvalue weighted by Gasteiger charge is 2.33. The van der Waals surface area contributed by atoms with Crippen LogP contribution in [0.15, 0.2) is 0 Å². The number of ether oxygens (including phenoxy) is 2. The van der Waals surface area contributed by atoms with Crippen LogP contribution in [0.4, 0.5) is 0 Å². The van der Waals surface area contributed by atoms with Gasteiger partial charge in [-0.05, 0) is 12.8 Å². The smallest absolute Gasteiger partial charge is 0.308 e. The van der Waals surface area contributed by atoms with E-state index in [0.717, 1.165) is 12.8 Å². The molecular weight excluding hydrogens is 283 g/mol. The third-order valence-electron chi connectivity index (χ3n) is 2.28. The quantitative estimate of drug-likeness (QED) is 0.454. The summed E-state index contributed by atoms with van der Waals surface area (Å²) in [5.41, 5.74) is 0. The number of halogens is 1. The maximum Gasteiger partial charge on any atom is 0.308 e. The summed E-state index contributed by atoms with van der Waals surface area (Å²) in [5.74, 6) is -0.176. The topological polar surface area (TPSA) is 35.5 Å². The predicted octanol–water partition coefficient (Wildman–Crippen LogP) is 1.92. The zero-order chi connectivity index (χ0) is 9.84. The van der Waals surface area contributed by atoms with Gasteiger partial charge in [0.1, 0.15) is 0 Å². The molecule has 0 saturated carbocycles. The highest BCUT2D eigenvalue weighted by molar-refractivity contribution is 14.1. The molecule has 1 aliphatic rings. The molecule has 1 saturated heterocycles. The van der Waals surface area contributed by atoms with E-state index in [1.54, 1.807) is 0 Å². The number of hydrogen-bond acceptors (Lipinski definition) is 3. The Morgan fingerprint density at radius 3 is 2.85 bits per heavy atom. The number of carbonyl (C=O) groups excluding carboxylic acids is 1. The second kappa shape index (κ2) is 5.14. The van der Waals surface area contributed by atoms with Crippen molar-refractivity contribution in [3.05, 3.63) is 0 Å². The molecule has 0 amide bonds. The Morgan fingerprint density at radius 1 is 1.69 bits per heavy atom. The first-order valence-corrected chi connectivity index (χ1v) is 5.78. The van der Waals surface area contributed by atoms with Gasteiger partial charge in [-0.3, -0.25) is 4.79 Å². The average Bonchev–Trinajstić information content (AvgIpc) is 2.46. The zero-order valence-electron chi connectivity index (χ0n) is 7.96. The molecule has 3 atom stereocenters. The van der Waals surface area contributed by atoms with Crippen molar-refractivity contribution in [1.82, 2.24) is 0 Å². The molecule has 0 radical (unpaired) electrons. The molecule has 1 fully saturated rings. The van der Waals surface area contributed by atoms with E-state index in [-0.39, 0.29) is 12.1 Å². The van der Waals surface area contributed by atoms with Crippen molar-refractivity contribution < 1.29 is 14.3 Å². The lowest BCUT2D eigenvalue weighted by Crippen LogP contribution is -2.16. The molecule has 0 spiro atoms. The van der Waals surface area contributed by atoms with E-state index in [0.29, 0.717) is 16.4 Å². The molecule has 1 aliphatic heterocycles. The lowest BCUT2D eigenvalue weighted by molar-refractivity contribution is -0.143. The van der Waals surface area contributed by atoms with Gasteiger partial charge in [0.2, 0.25) is 0 Å². The van der Waals surface area contributed by atoms with Gasteiger partial charge >= 0.3 is 5.97 Å². The lowest BCUT2D eigenvalue weighted by atomic mass is 10.1. The second-order valence-electron chi connectivity index (χ2n) is 3.24. The summed E-state index contributed by atoms with van der Waals surface area (Å²) in [4.78, 5) is 11.0. The summed E-state index contributed by atoms with van der Waals surface area (Å²) in [6.07, 6.45) is 2.76. The minimum Gasteiger partial charge on any atom is -0.469 e. The minimum atomic E-state index is -0.176. The summed E-state index contributed by atoms with van der Waals surface area (Å²) in [7, 11) is 1.41. The van der Waals surface area contributed by atoms with Crippen molar-refractivity contribution in [3.8, 4) is 0 Å². The molecule has 0 aromatic carbocycles. The summed E-state index contributed by atoms with van der Waals surface area (Å²) in [6.45, 7) is 2.11. The van der Waals surface area contributed by atoms with Crippen LogP contribution in [0, 0.1) is 0 Å². The van der Waals surface area contributed by atoms with E-state index in [2.05, 4.69) is 34.3 Å². The SMILES string of the molecule is CC[C@H]1O[C@H](CC(=O)OC)C[C@@H]1I. The molecule has 0 aromatic heterocycles. The summed E-state index contributed by atoms with van der Waals surface area (Å²) in [5, 5.41) is 0. The van der Waals surface area contributed by atoms with E-state index in [1.165, 1.54) is 7.11 Å². The lowest BCUT2D eigenvalue weighted by Gasteiger charge is -2.11. The fraction of sp³-hybridized carbons (Fsp3) is 0.889. The number of alkyl halides is 1. The third kappa shape index (κ3) is 3.09. The Balaban J connectivity index is 2.35. The van der Waals surface area contributed by atoms with Crippen molar-refractivity contribution in [2.24, 2.45) is 0 Å². The second-order valence-corrected chi connectivity index (χ2v) is 4.84. The maximum absolute atomic E-state index is 11.0. The monoisotopic (exact) mass is 298 g/mol. The highest BCUT2D eigenvalue weighted by Crippen LogP contribution is 2.30. The standard InChI is InChI=1S/C9H15IO3/c1-3-8-7(10)4-6(13-8)5-9(11)12-2/h6-8H,3-5H2,1-2H3/t6-,7-,8+/m0/s1. The first-order valence-electron chi connectivity index (χ1n) is 4.53. The van der Waals surface area contributed by atoms with Gasteiger partial charge in [-0.1, -0.05) is 29.5 Å². The van der Waals surface area contributed by atoms with Crippen LogP contribution in [0.2, 0.25) is 0 Å². The Kier molecular flexibility index (Phi) is 4.45. The highest BCUT2D eigenvalue weighted by atomic mass is 127. The van der Waals surface area contributed by atoms with Crippen molar-refractivity contribution in [2.75, 3.05) is 7.11 Å². The Hall–Kier alpha value is 0.160. The normalized spacial score (nSPS) is 33.3. The van der Waals surface area contributed by atoms with Crippen LogP contribution < -0.4 is 0 Å². The van der Waals surface area contributed by atoms with Crippen molar-refractivity contribution in [3.63, 3.8) is 0 Å². The minimum absolute atomic E-state index is 0.0688. The molecule has 4 heteroatoms. The van der Waals surface area contributed by atoms with E-state index < -0.39 is 0 Å². The van der Waals surface area contributed by atoms with E-state index >= 15 is 0 Å². The molecule has 0 bridgehead atoms. The van der Waals surface area contributed by atoms with Gasteiger partial charge in [-0.25, -0.2) is 0 Å². The van der Waals surface area contributed by atoms with Gasteiger partial charge in [0.05, 0.1) is 25.7 Å². The number of methoxy groups -OCH3 is 1. The molecule has 3 nitrogen and oxygen atoms in total. The van der Waals surface area contributed by atoms with Gasteiger partial charge in [0.15, 0.2) is 0 Å². The summed E-state index contributed by atoms with van der Waals surface area (Å²) >= 11 is 2.39. The van der Waals surface area contributed by atoms with Crippen LogP contribution in [0.3, 0.4) is 0 Å². The molecule has 0 N–H and O–H groups in total. The zero-order valence-corrected chi connectivity index (χ0v) is 10.1. The van der Waals surface area contributed by atoms with Gasteiger partial charge in [0, 0.05) is 3.92 Å². The molecule has 0 aromatic rings. The summed E-state index contributed by atoms with van der Waals surface area (Å²) in [6, 6.07) is 0. The van der Waals surface area contributed by atoms with Gasteiger partial charge in [-0.2, -0.15) is 0 Å². The van der Waals surface area contributed by atoms with Crippen LogP contribution in [0.1, 0.15) is 26.2 Å². The molecule has 13 heavy (non-hydrogen) atoms. The van der Waals surface area contributed by atoms with E-state index in [1.807, 2.05) is 0 Å². The van der Waals surface area contributed by atoms with E-state index in [9.17, 15) is 4.79 Å². The van der Waals surface area contributed by atoms with Crippen LogP contribution in [0.25, 0.3) is 0 Å². The first-order chi connectivity index (χ1) is 6.17. The fourth-order valence-corrected chi connectivity index (χ4v) is 2.79. The number of carbonyl (C=O) groups is 1. The van der Waals surface area contributed by atoms with Gasteiger partial charge in [-0.15, -0.1) is 0 Å². The number of hydrogen-bond donors (Lipinski definition) is 0. The molecule has 1 rings (SSSR count). The number of rotatable bonds is 3. The average molecular weight is 298 g/mol. The van der Waals surface area contributed by atoms with Crippen molar-refractivity contribution in [2.45, 2.75) is 42.3 Å². The third-order valence-corrected chi connectivity index (χ3v) is 3.59. The molecular formula is C9H15IO3.